The summed E-state index contributed by atoms with van der Waals surface area (Å²) in [6.07, 6.45) is 0.972. The number of hydrogen-bond donors (Lipinski definition) is 1. The van der Waals surface area contributed by atoms with Crippen LogP contribution in [0.15, 0.2) is 24.3 Å². The molecule has 15 heavy (non-hydrogen) atoms. The first kappa shape index (κ1) is 11.4. The molecule has 1 rings (SSSR count). The van der Waals surface area contributed by atoms with Crippen LogP contribution in [0.1, 0.15) is 13.3 Å². The number of nitrogens with two attached hydrogens (primary N) is 1. The van der Waals surface area contributed by atoms with Gasteiger partial charge in [0.25, 0.3) is 5.91 Å². The molecule has 0 aliphatic heterocycles. The highest BCUT2D eigenvalue weighted by Crippen LogP contribution is 2.17. The second-order valence-corrected chi connectivity index (χ2v) is 3.07. The molecule has 1 amide bonds. The number of amides is 1. The van der Waals surface area contributed by atoms with E-state index in [1.807, 2.05) is 6.92 Å². The van der Waals surface area contributed by atoms with Gasteiger partial charge in [-0.25, -0.2) is 0 Å². The van der Waals surface area contributed by atoms with Gasteiger partial charge in [0, 0.05) is 0 Å². The van der Waals surface area contributed by atoms with E-state index in [0.717, 1.165) is 12.2 Å². The molecule has 0 bridgehead atoms. The van der Waals surface area contributed by atoms with Crippen molar-refractivity contribution < 1.29 is 14.3 Å². The van der Waals surface area contributed by atoms with Gasteiger partial charge in [-0.2, -0.15) is 0 Å². The van der Waals surface area contributed by atoms with E-state index in [0.29, 0.717) is 12.4 Å². The highest BCUT2D eigenvalue weighted by molar-refractivity contribution is 5.75. The Morgan fingerprint density at radius 3 is 2.20 bits per heavy atom. The van der Waals surface area contributed by atoms with E-state index in [4.69, 9.17) is 15.2 Å². The number of carbonyl (C=O) groups excluding carboxylic acids is 1. The second-order valence-electron chi connectivity index (χ2n) is 3.07. The lowest BCUT2D eigenvalue weighted by atomic mass is 10.3. The summed E-state index contributed by atoms with van der Waals surface area (Å²) in [5.74, 6) is 0.919. The first-order valence-electron chi connectivity index (χ1n) is 4.86. The number of hydrogen-bond acceptors (Lipinski definition) is 3. The van der Waals surface area contributed by atoms with E-state index in [2.05, 4.69) is 0 Å². The zero-order valence-electron chi connectivity index (χ0n) is 8.73. The fraction of sp³-hybridized carbons (Fsp3) is 0.364. The Labute approximate surface area is 89.0 Å². The fourth-order valence-corrected chi connectivity index (χ4v) is 1.01. The van der Waals surface area contributed by atoms with Crippen molar-refractivity contribution in [3.63, 3.8) is 0 Å². The average molecular weight is 209 g/mol. The molecule has 4 heteroatoms. The number of ether oxygens (including phenoxy) is 2. The molecule has 0 saturated carbocycles. The van der Waals surface area contributed by atoms with Gasteiger partial charge >= 0.3 is 0 Å². The minimum absolute atomic E-state index is 0.102. The standard InChI is InChI=1S/C11H15NO3/c1-2-7-14-9-3-5-10(6-4-9)15-8-11(12)13/h3-6H,2,7-8H2,1H3,(H2,12,13). The Morgan fingerprint density at radius 1 is 1.20 bits per heavy atom. The van der Waals surface area contributed by atoms with Crippen LogP contribution in [0.25, 0.3) is 0 Å². The lowest BCUT2D eigenvalue weighted by molar-refractivity contribution is -0.119. The molecule has 1 aromatic carbocycles. The maximum Gasteiger partial charge on any atom is 0.255 e. The molecule has 2 N–H and O–H groups in total. The van der Waals surface area contributed by atoms with Crippen molar-refractivity contribution in [3.8, 4) is 11.5 Å². The molecule has 0 saturated heterocycles. The first-order chi connectivity index (χ1) is 7.22. The van der Waals surface area contributed by atoms with E-state index in [1.54, 1.807) is 24.3 Å². The summed E-state index contributed by atoms with van der Waals surface area (Å²) in [5.41, 5.74) is 4.95. The van der Waals surface area contributed by atoms with Crippen molar-refractivity contribution in [1.82, 2.24) is 0 Å². The van der Waals surface area contributed by atoms with Crippen LogP contribution in [0.4, 0.5) is 0 Å². The van der Waals surface area contributed by atoms with Gasteiger partial charge in [0.2, 0.25) is 0 Å². The smallest absolute Gasteiger partial charge is 0.255 e. The summed E-state index contributed by atoms with van der Waals surface area (Å²) in [4.78, 5) is 10.5. The van der Waals surface area contributed by atoms with Crippen molar-refractivity contribution in [2.24, 2.45) is 5.73 Å². The van der Waals surface area contributed by atoms with Crippen molar-refractivity contribution in [2.45, 2.75) is 13.3 Å². The van der Waals surface area contributed by atoms with E-state index >= 15 is 0 Å². The van der Waals surface area contributed by atoms with Crippen LogP contribution in [0.2, 0.25) is 0 Å². The molecule has 0 fully saturated rings. The van der Waals surface area contributed by atoms with Crippen LogP contribution in [0, 0.1) is 0 Å². The largest absolute Gasteiger partial charge is 0.494 e. The SMILES string of the molecule is CCCOc1ccc(OCC(N)=O)cc1. The molecule has 0 aliphatic rings. The Hall–Kier alpha value is -1.71. The van der Waals surface area contributed by atoms with E-state index in [-0.39, 0.29) is 6.61 Å². The third-order valence-electron chi connectivity index (χ3n) is 1.68. The topological polar surface area (TPSA) is 61.6 Å². The third kappa shape index (κ3) is 4.35. The Morgan fingerprint density at radius 2 is 1.73 bits per heavy atom. The summed E-state index contributed by atoms with van der Waals surface area (Å²) in [5, 5.41) is 0. The summed E-state index contributed by atoms with van der Waals surface area (Å²) < 4.78 is 10.5. The van der Waals surface area contributed by atoms with Crippen LogP contribution in [0.3, 0.4) is 0 Å². The van der Waals surface area contributed by atoms with E-state index in [1.165, 1.54) is 0 Å². The molecule has 1 aromatic rings. The van der Waals surface area contributed by atoms with E-state index < -0.39 is 5.91 Å². The van der Waals surface area contributed by atoms with Gasteiger partial charge in [-0.05, 0) is 30.7 Å². The number of primary amides is 1. The predicted molar refractivity (Wildman–Crippen MR) is 56.9 cm³/mol. The van der Waals surface area contributed by atoms with Crippen molar-refractivity contribution in [1.29, 1.82) is 0 Å². The lowest BCUT2D eigenvalue weighted by Gasteiger charge is -2.06. The zero-order valence-corrected chi connectivity index (χ0v) is 8.73. The number of carbonyl (C=O) groups is 1. The minimum Gasteiger partial charge on any atom is -0.494 e. The summed E-state index contributed by atoms with van der Waals surface area (Å²) >= 11 is 0. The Kier molecular flexibility index (Phi) is 4.47. The van der Waals surface area contributed by atoms with Crippen LogP contribution < -0.4 is 15.2 Å². The maximum absolute atomic E-state index is 10.5. The van der Waals surface area contributed by atoms with Gasteiger partial charge in [0.15, 0.2) is 6.61 Å². The van der Waals surface area contributed by atoms with Crippen molar-refractivity contribution in [3.05, 3.63) is 24.3 Å². The van der Waals surface area contributed by atoms with Gasteiger partial charge in [-0.1, -0.05) is 6.92 Å². The zero-order chi connectivity index (χ0) is 11.1. The molecule has 0 spiro atoms. The van der Waals surface area contributed by atoms with Crippen LogP contribution in [-0.2, 0) is 4.79 Å². The van der Waals surface area contributed by atoms with Gasteiger partial charge < -0.3 is 15.2 Å². The number of benzene rings is 1. The molecule has 0 unspecified atom stereocenters. The highest BCUT2D eigenvalue weighted by Gasteiger charge is 1.98. The molecule has 0 radical (unpaired) electrons. The molecule has 4 nitrogen and oxygen atoms in total. The molecular formula is C11H15NO3. The summed E-state index contributed by atoms with van der Waals surface area (Å²) in [7, 11) is 0. The molecule has 0 atom stereocenters. The second kappa shape index (κ2) is 5.90. The normalized spacial score (nSPS) is 9.67. The third-order valence-corrected chi connectivity index (χ3v) is 1.68. The van der Waals surface area contributed by atoms with E-state index in [9.17, 15) is 4.79 Å². The monoisotopic (exact) mass is 209 g/mol. The van der Waals surface area contributed by atoms with Gasteiger partial charge in [-0.15, -0.1) is 0 Å². The van der Waals surface area contributed by atoms with Crippen molar-refractivity contribution in [2.75, 3.05) is 13.2 Å². The molecular weight excluding hydrogens is 194 g/mol. The van der Waals surface area contributed by atoms with Crippen LogP contribution in [0.5, 0.6) is 11.5 Å². The number of rotatable bonds is 6. The molecule has 0 heterocycles. The maximum atomic E-state index is 10.5. The first-order valence-corrected chi connectivity index (χ1v) is 4.86. The van der Waals surface area contributed by atoms with Gasteiger partial charge in [-0.3, -0.25) is 4.79 Å². The minimum atomic E-state index is -0.485. The summed E-state index contributed by atoms with van der Waals surface area (Å²) in [6, 6.07) is 7.08. The predicted octanol–water partition coefficient (Wildman–Crippen LogP) is 1.34. The molecule has 0 aliphatic carbocycles. The fourth-order valence-electron chi connectivity index (χ4n) is 1.01. The van der Waals surface area contributed by atoms with Crippen molar-refractivity contribution >= 4 is 5.91 Å². The Balaban J connectivity index is 2.45. The highest BCUT2D eigenvalue weighted by atomic mass is 16.5. The lowest BCUT2D eigenvalue weighted by Crippen LogP contribution is -2.19. The molecule has 0 aromatic heterocycles. The van der Waals surface area contributed by atoms with Gasteiger partial charge in [0.1, 0.15) is 11.5 Å². The van der Waals surface area contributed by atoms with Gasteiger partial charge in [0.05, 0.1) is 6.61 Å². The summed E-state index contributed by atoms with van der Waals surface area (Å²) in [6.45, 7) is 2.64. The van der Waals surface area contributed by atoms with Crippen LogP contribution in [-0.4, -0.2) is 19.1 Å². The molecule has 82 valence electrons. The average Bonchev–Trinajstić information content (AvgIpc) is 2.25. The Bertz CT molecular complexity index is 308. The quantitative estimate of drug-likeness (QED) is 0.769. The van der Waals surface area contributed by atoms with Crippen LogP contribution >= 0.6 is 0 Å².